The molecule has 0 aliphatic heterocycles. The first-order valence-corrected chi connectivity index (χ1v) is 10.6. The van der Waals surface area contributed by atoms with Crippen LogP contribution in [-0.4, -0.2) is 15.9 Å². The molecule has 0 radical (unpaired) electrons. The van der Waals surface area contributed by atoms with Crippen molar-refractivity contribution in [1.82, 2.24) is 9.97 Å². The first-order valence-electron chi connectivity index (χ1n) is 9.36. The van der Waals surface area contributed by atoms with E-state index in [-0.39, 0.29) is 21.9 Å². The minimum atomic E-state index is -0.431. The van der Waals surface area contributed by atoms with Crippen LogP contribution in [0.5, 0.6) is 0 Å². The second-order valence-electron chi connectivity index (χ2n) is 6.75. The molecule has 9 heteroatoms. The molecule has 31 heavy (non-hydrogen) atoms. The zero-order chi connectivity index (χ0) is 22.1. The number of hydrogen-bond acceptors (Lipinski definition) is 7. The summed E-state index contributed by atoms with van der Waals surface area (Å²) in [7, 11) is 0. The molecular formula is C22H17ClN6OS. The van der Waals surface area contributed by atoms with Crippen LogP contribution in [0.4, 0.5) is 17.3 Å². The number of rotatable bonds is 4. The molecule has 0 aliphatic rings. The van der Waals surface area contributed by atoms with Gasteiger partial charge < -0.3 is 16.8 Å². The van der Waals surface area contributed by atoms with Crippen molar-refractivity contribution in [2.75, 3.05) is 16.8 Å². The van der Waals surface area contributed by atoms with E-state index < -0.39 is 5.91 Å². The van der Waals surface area contributed by atoms with Crippen molar-refractivity contribution in [3.05, 3.63) is 63.6 Å². The largest absolute Gasteiger partial charge is 0.397 e. The number of pyridine rings is 2. The van der Waals surface area contributed by atoms with Crippen molar-refractivity contribution in [3.8, 4) is 17.2 Å². The number of nitrogens with two attached hydrogens (primary N) is 2. The van der Waals surface area contributed by atoms with Gasteiger partial charge in [0, 0.05) is 17.1 Å². The van der Waals surface area contributed by atoms with Crippen molar-refractivity contribution >= 4 is 56.4 Å². The summed E-state index contributed by atoms with van der Waals surface area (Å²) in [4.78, 5) is 22.0. The molecule has 0 atom stereocenters. The van der Waals surface area contributed by atoms with Gasteiger partial charge in [0.05, 0.1) is 10.7 Å². The van der Waals surface area contributed by atoms with E-state index in [2.05, 4.69) is 28.3 Å². The van der Waals surface area contributed by atoms with Gasteiger partial charge in [0.15, 0.2) is 0 Å². The van der Waals surface area contributed by atoms with Crippen molar-refractivity contribution in [2.45, 2.75) is 13.3 Å². The Morgan fingerprint density at radius 3 is 2.58 bits per heavy atom. The molecule has 0 spiro atoms. The van der Waals surface area contributed by atoms with Crippen LogP contribution in [-0.2, 0) is 6.42 Å². The summed E-state index contributed by atoms with van der Waals surface area (Å²) in [5, 5.41) is 13.4. The summed E-state index contributed by atoms with van der Waals surface area (Å²) in [5.74, 6) is 0.00338. The molecule has 154 valence electrons. The number of halogens is 1. The molecule has 7 nitrogen and oxygen atoms in total. The Morgan fingerprint density at radius 1 is 1.23 bits per heavy atom. The Balaban J connectivity index is 1.87. The summed E-state index contributed by atoms with van der Waals surface area (Å²) in [6.07, 6.45) is 2.33. The van der Waals surface area contributed by atoms with Crippen LogP contribution >= 0.6 is 22.9 Å². The summed E-state index contributed by atoms with van der Waals surface area (Å²) in [5.41, 5.74) is 15.5. The fraction of sp³-hybridized carbons (Fsp3) is 0.0909. The fourth-order valence-electron chi connectivity index (χ4n) is 3.27. The molecular weight excluding hydrogens is 432 g/mol. The van der Waals surface area contributed by atoms with Crippen molar-refractivity contribution < 1.29 is 4.79 Å². The van der Waals surface area contributed by atoms with Crippen molar-refractivity contribution in [2.24, 2.45) is 0 Å². The van der Waals surface area contributed by atoms with Crippen LogP contribution in [0.25, 0.3) is 21.3 Å². The number of hydrogen-bond donors (Lipinski definition) is 3. The van der Waals surface area contributed by atoms with Gasteiger partial charge >= 0.3 is 0 Å². The van der Waals surface area contributed by atoms with Gasteiger partial charge in [-0.3, -0.25) is 4.79 Å². The molecule has 4 aromatic rings. The number of carbonyl (C=O) groups excluding carboxylic acids is 1. The molecule has 3 aromatic heterocycles. The smallest absolute Gasteiger partial charge is 0.269 e. The highest BCUT2D eigenvalue weighted by atomic mass is 35.5. The third kappa shape index (κ3) is 3.77. The molecule has 0 saturated heterocycles. The van der Waals surface area contributed by atoms with E-state index >= 15 is 0 Å². The van der Waals surface area contributed by atoms with Crippen LogP contribution < -0.4 is 16.8 Å². The van der Waals surface area contributed by atoms with Gasteiger partial charge in [-0.25, -0.2) is 9.97 Å². The molecule has 4 rings (SSSR count). The van der Waals surface area contributed by atoms with Crippen LogP contribution in [0.2, 0.25) is 5.02 Å². The molecule has 5 N–H and O–H groups in total. The summed E-state index contributed by atoms with van der Waals surface area (Å²) >= 11 is 6.96. The number of nitrogens with zero attached hydrogens (tertiary/aromatic N) is 3. The normalized spacial score (nSPS) is 10.7. The lowest BCUT2D eigenvalue weighted by Gasteiger charge is -2.10. The Labute approximate surface area is 187 Å². The van der Waals surface area contributed by atoms with Crippen LogP contribution in [0, 0.1) is 11.3 Å². The van der Waals surface area contributed by atoms with Gasteiger partial charge in [0.25, 0.3) is 5.91 Å². The maximum atomic E-state index is 12.9. The highest BCUT2D eigenvalue weighted by Crippen LogP contribution is 2.42. The highest BCUT2D eigenvalue weighted by molar-refractivity contribution is 7.21. The molecule has 0 saturated carbocycles. The zero-order valence-electron chi connectivity index (χ0n) is 16.4. The lowest BCUT2D eigenvalue weighted by molar-refractivity contribution is 0.103. The first kappa shape index (κ1) is 20.6. The number of amides is 1. The maximum absolute atomic E-state index is 12.9. The third-order valence-corrected chi connectivity index (χ3v) is 6.16. The number of nitriles is 1. The lowest BCUT2D eigenvalue weighted by atomic mass is 9.96. The third-order valence-electron chi connectivity index (χ3n) is 4.84. The number of aromatic nitrogens is 2. The fourth-order valence-corrected chi connectivity index (χ4v) is 4.39. The average molecular weight is 449 g/mol. The van der Waals surface area contributed by atoms with Gasteiger partial charge in [-0.1, -0.05) is 42.8 Å². The molecule has 1 amide bonds. The SMILES string of the molecule is CCc1ccc(-c2c(C#N)c(N)nc3sc(C(=O)Nc4ccc(Cl)cn4)c(N)c23)cc1. The first-order chi connectivity index (χ1) is 14.9. The molecule has 0 bridgehead atoms. The van der Waals surface area contributed by atoms with Gasteiger partial charge in [-0.05, 0) is 29.7 Å². The highest BCUT2D eigenvalue weighted by Gasteiger charge is 2.24. The van der Waals surface area contributed by atoms with Gasteiger partial charge in [-0.15, -0.1) is 11.3 Å². The Bertz CT molecular complexity index is 1340. The number of carbonyl (C=O) groups is 1. The summed E-state index contributed by atoms with van der Waals surface area (Å²) in [6.45, 7) is 2.07. The quantitative estimate of drug-likeness (QED) is 0.408. The van der Waals surface area contributed by atoms with Crippen molar-refractivity contribution in [3.63, 3.8) is 0 Å². The van der Waals surface area contributed by atoms with Crippen molar-refractivity contribution in [1.29, 1.82) is 5.26 Å². The molecule has 1 aromatic carbocycles. The van der Waals surface area contributed by atoms with Crippen LogP contribution in [0.1, 0.15) is 27.7 Å². The molecule has 0 aliphatic carbocycles. The number of nitrogens with one attached hydrogen (secondary N) is 1. The number of anilines is 3. The van der Waals surface area contributed by atoms with Crippen LogP contribution in [0.15, 0.2) is 42.6 Å². The molecule has 0 unspecified atom stereocenters. The summed E-state index contributed by atoms with van der Waals surface area (Å²) in [6, 6.07) is 13.2. The van der Waals surface area contributed by atoms with Gasteiger partial charge in [0.2, 0.25) is 0 Å². The predicted molar refractivity (Wildman–Crippen MR) is 125 cm³/mol. The molecule has 3 heterocycles. The summed E-state index contributed by atoms with van der Waals surface area (Å²) < 4.78 is 0. The maximum Gasteiger partial charge on any atom is 0.269 e. The average Bonchev–Trinajstić information content (AvgIpc) is 3.10. The Morgan fingerprint density at radius 2 is 1.97 bits per heavy atom. The lowest BCUT2D eigenvalue weighted by Crippen LogP contribution is -2.12. The van der Waals surface area contributed by atoms with E-state index in [0.717, 1.165) is 28.9 Å². The number of thiophene rings is 1. The van der Waals surface area contributed by atoms with Gasteiger partial charge in [-0.2, -0.15) is 5.26 Å². The topological polar surface area (TPSA) is 131 Å². The van der Waals surface area contributed by atoms with Gasteiger partial charge in [0.1, 0.15) is 33.0 Å². The minimum absolute atomic E-state index is 0.0946. The number of nitrogen functional groups attached to an aromatic ring is 2. The standard InChI is InChI=1S/C22H17ClN6OS/c1-2-11-3-5-12(6-4-11)16-14(9-24)20(26)29-22-17(16)18(25)19(31-22)21(30)28-15-8-7-13(23)10-27-15/h3-8,10H,2,25H2,1H3,(H2,26,29)(H,27,28,30). The van der Waals surface area contributed by atoms with E-state index in [4.69, 9.17) is 23.1 Å². The second kappa shape index (κ2) is 8.22. The predicted octanol–water partition coefficient (Wildman–Crippen LogP) is 4.86. The Hall–Kier alpha value is -3.67. The van der Waals surface area contributed by atoms with E-state index in [1.807, 2.05) is 24.3 Å². The second-order valence-corrected chi connectivity index (χ2v) is 8.19. The monoisotopic (exact) mass is 448 g/mol. The van der Waals surface area contributed by atoms with Crippen LogP contribution in [0.3, 0.4) is 0 Å². The molecule has 0 fully saturated rings. The number of aryl methyl sites for hydroxylation is 1. The van der Waals surface area contributed by atoms with E-state index in [0.29, 0.717) is 26.6 Å². The number of fused-ring (bicyclic) bond motifs is 1. The van der Waals surface area contributed by atoms with E-state index in [1.165, 1.54) is 6.20 Å². The Kier molecular flexibility index (Phi) is 5.46. The number of benzene rings is 1. The zero-order valence-corrected chi connectivity index (χ0v) is 18.0. The minimum Gasteiger partial charge on any atom is -0.397 e. The van der Waals surface area contributed by atoms with E-state index in [9.17, 15) is 10.1 Å². The van der Waals surface area contributed by atoms with E-state index in [1.54, 1.807) is 12.1 Å².